The van der Waals surface area contributed by atoms with E-state index in [0.717, 1.165) is 36.5 Å². The molecule has 2 N–H and O–H groups in total. The molecule has 1 aliphatic heterocycles. The van der Waals surface area contributed by atoms with Crippen molar-refractivity contribution in [1.29, 1.82) is 0 Å². The van der Waals surface area contributed by atoms with Crippen molar-refractivity contribution in [2.45, 2.75) is 46.2 Å². The van der Waals surface area contributed by atoms with Crippen LogP contribution < -0.4 is 10.6 Å². The summed E-state index contributed by atoms with van der Waals surface area (Å²) in [6.07, 6.45) is 3.88. The van der Waals surface area contributed by atoms with Crippen LogP contribution in [-0.4, -0.2) is 66.1 Å². The van der Waals surface area contributed by atoms with Crippen LogP contribution in [0, 0.1) is 12.3 Å². The summed E-state index contributed by atoms with van der Waals surface area (Å²) in [7, 11) is 1.72. The maximum absolute atomic E-state index is 13.3. The molecule has 2 aromatic rings. The maximum atomic E-state index is 13.3. The van der Waals surface area contributed by atoms with Gasteiger partial charge in [0.25, 0.3) is 0 Å². The molecule has 0 unspecified atom stereocenters. The zero-order valence-electron chi connectivity index (χ0n) is 18.6. The number of fused-ring (bicyclic) bond motifs is 1. The smallest absolute Gasteiger partial charge is 0.239 e. The van der Waals surface area contributed by atoms with Crippen LogP contribution >= 0.6 is 0 Å². The number of methoxy groups -OCH3 is 1. The number of aryl methyl sites for hydroxylation is 1. The van der Waals surface area contributed by atoms with Crippen LogP contribution in [0.1, 0.15) is 39.1 Å². The van der Waals surface area contributed by atoms with Gasteiger partial charge in [-0.05, 0) is 32.4 Å². The number of amides is 1. The largest absolute Gasteiger partial charge is 0.384 e. The first-order valence-corrected chi connectivity index (χ1v) is 10.3. The molecule has 1 saturated heterocycles. The molecule has 7 nitrogen and oxygen atoms in total. The van der Waals surface area contributed by atoms with Gasteiger partial charge in [0, 0.05) is 44.9 Å². The van der Waals surface area contributed by atoms with Crippen molar-refractivity contribution >= 4 is 11.4 Å². The lowest BCUT2D eigenvalue weighted by Crippen LogP contribution is -2.61. The van der Waals surface area contributed by atoms with Gasteiger partial charge in [-0.25, -0.2) is 4.98 Å². The molecule has 1 aliphatic rings. The highest BCUT2D eigenvalue weighted by Crippen LogP contribution is 2.24. The number of nitrogens with one attached hydrogen (secondary N) is 2. The molecule has 1 fully saturated rings. The van der Waals surface area contributed by atoms with E-state index in [-0.39, 0.29) is 17.4 Å². The van der Waals surface area contributed by atoms with E-state index in [9.17, 15) is 4.79 Å². The molecule has 0 saturated carbocycles. The second kappa shape index (κ2) is 8.42. The maximum Gasteiger partial charge on any atom is 0.239 e. The second-order valence-corrected chi connectivity index (χ2v) is 9.43. The Morgan fingerprint density at radius 1 is 1.38 bits per heavy atom. The average Bonchev–Trinajstić information content (AvgIpc) is 3.08. The highest BCUT2D eigenvalue weighted by Gasteiger charge is 2.36. The Kier molecular flexibility index (Phi) is 6.31. The van der Waals surface area contributed by atoms with Crippen molar-refractivity contribution in [1.82, 2.24) is 24.9 Å². The Morgan fingerprint density at radius 3 is 2.86 bits per heavy atom. The standard InChI is InChI=1S/C22H35N5O2/c1-16-8-7-10-27-17(16)13-24-20(27)22(4,5)25-19(28)18-12-23-9-11-26(18)14-21(2,3)15-29-6/h7-8,10,13,18,23H,9,11-12,14-15H2,1-6H3,(H,25,28)/t18-/m0/s1. The van der Waals surface area contributed by atoms with Gasteiger partial charge in [-0.2, -0.15) is 0 Å². The molecule has 160 valence electrons. The van der Waals surface area contributed by atoms with Crippen molar-refractivity contribution in [2.24, 2.45) is 5.41 Å². The number of carbonyl (C=O) groups is 1. The molecule has 0 bridgehead atoms. The van der Waals surface area contributed by atoms with Gasteiger partial charge >= 0.3 is 0 Å². The lowest BCUT2D eigenvalue weighted by molar-refractivity contribution is -0.129. The fourth-order valence-electron chi connectivity index (χ4n) is 4.25. The van der Waals surface area contributed by atoms with Crippen LogP contribution in [0.5, 0.6) is 0 Å². The van der Waals surface area contributed by atoms with Gasteiger partial charge in [-0.3, -0.25) is 9.69 Å². The number of hydrogen-bond acceptors (Lipinski definition) is 5. The lowest BCUT2D eigenvalue weighted by Gasteiger charge is -2.41. The minimum Gasteiger partial charge on any atom is -0.384 e. The third kappa shape index (κ3) is 4.79. The van der Waals surface area contributed by atoms with Gasteiger partial charge in [0.15, 0.2) is 0 Å². The number of carbonyl (C=O) groups excluding carboxylic acids is 1. The highest BCUT2D eigenvalue weighted by molar-refractivity contribution is 5.83. The van der Waals surface area contributed by atoms with E-state index in [4.69, 9.17) is 4.74 Å². The molecule has 7 heteroatoms. The summed E-state index contributed by atoms with van der Waals surface area (Å²) in [6, 6.07) is 3.86. The van der Waals surface area contributed by atoms with Crippen LogP contribution in [0.2, 0.25) is 0 Å². The average molecular weight is 402 g/mol. The predicted octanol–water partition coefficient (Wildman–Crippen LogP) is 1.94. The van der Waals surface area contributed by atoms with Crippen LogP contribution in [0.25, 0.3) is 5.52 Å². The number of hydrogen-bond donors (Lipinski definition) is 2. The highest BCUT2D eigenvalue weighted by atomic mass is 16.5. The molecule has 1 atom stereocenters. The molecule has 3 rings (SSSR count). The first kappa shape index (κ1) is 21.7. The van der Waals surface area contributed by atoms with E-state index in [1.54, 1.807) is 7.11 Å². The van der Waals surface area contributed by atoms with E-state index < -0.39 is 5.54 Å². The van der Waals surface area contributed by atoms with Crippen LogP contribution in [-0.2, 0) is 15.1 Å². The first-order chi connectivity index (χ1) is 13.6. The number of ether oxygens (including phenoxy) is 1. The molecule has 0 radical (unpaired) electrons. The molecule has 0 aromatic carbocycles. The monoisotopic (exact) mass is 401 g/mol. The topological polar surface area (TPSA) is 70.9 Å². The third-order valence-electron chi connectivity index (χ3n) is 5.60. The Bertz CT molecular complexity index is 858. The molecular weight excluding hydrogens is 366 g/mol. The van der Waals surface area contributed by atoms with E-state index in [2.05, 4.69) is 51.8 Å². The lowest BCUT2D eigenvalue weighted by atomic mass is 9.92. The number of rotatable bonds is 7. The molecule has 2 aromatic heterocycles. The normalized spacial score (nSPS) is 18.9. The summed E-state index contributed by atoms with van der Waals surface area (Å²) < 4.78 is 7.43. The Balaban J connectivity index is 1.78. The fraction of sp³-hybridized carbons (Fsp3) is 0.636. The number of pyridine rings is 1. The van der Waals surface area contributed by atoms with E-state index in [1.165, 1.54) is 0 Å². The van der Waals surface area contributed by atoms with Crippen LogP contribution in [0.4, 0.5) is 0 Å². The molecule has 0 spiro atoms. The van der Waals surface area contributed by atoms with Gasteiger partial charge in [-0.1, -0.05) is 19.9 Å². The second-order valence-electron chi connectivity index (χ2n) is 9.43. The molecule has 0 aliphatic carbocycles. The van der Waals surface area contributed by atoms with Gasteiger partial charge in [-0.15, -0.1) is 0 Å². The summed E-state index contributed by atoms with van der Waals surface area (Å²) in [5, 5.41) is 6.62. The zero-order chi connectivity index (χ0) is 21.2. The van der Waals surface area contributed by atoms with Crippen molar-refractivity contribution < 1.29 is 9.53 Å². The fourth-order valence-corrected chi connectivity index (χ4v) is 4.25. The minimum absolute atomic E-state index is 0.0169. The minimum atomic E-state index is -0.595. The van der Waals surface area contributed by atoms with Crippen LogP contribution in [0.15, 0.2) is 24.5 Å². The first-order valence-electron chi connectivity index (χ1n) is 10.3. The number of piperazine rings is 1. The Labute approximate surface area is 173 Å². The summed E-state index contributed by atoms with van der Waals surface area (Å²) in [4.78, 5) is 20.2. The Morgan fingerprint density at radius 2 is 2.14 bits per heavy atom. The molecule has 1 amide bonds. The van der Waals surface area contributed by atoms with E-state index in [0.29, 0.717) is 13.2 Å². The number of nitrogens with zero attached hydrogens (tertiary/aromatic N) is 3. The Hall–Kier alpha value is -1.96. The van der Waals surface area contributed by atoms with Gasteiger partial charge < -0.3 is 19.8 Å². The van der Waals surface area contributed by atoms with Crippen molar-refractivity contribution in [3.8, 4) is 0 Å². The summed E-state index contributed by atoms with van der Waals surface area (Å²) >= 11 is 0. The summed E-state index contributed by atoms with van der Waals surface area (Å²) in [5.41, 5.74) is 1.61. The van der Waals surface area contributed by atoms with E-state index >= 15 is 0 Å². The summed E-state index contributed by atoms with van der Waals surface area (Å²) in [5.74, 6) is 0.861. The zero-order valence-corrected chi connectivity index (χ0v) is 18.6. The molecule has 29 heavy (non-hydrogen) atoms. The molecular formula is C22H35N5O2. The van der Waals surface area contributed by atoms with Crippen molar-refractivity contribution in [3.05, 3.63) is 35.9 Å². The molecule has 3 heterocycles. The SMILES string of the molecule is COCC(C)(C)CN1CCNC[C@H]1C(=O)NC(C)(C)c1ncc2c(C)cccn12. The van der Waals surface area contributed by atoms with E-state index in [1.807, 2.05) is 32.3 Å². The van der Waals surface area contributed by atoms with Crippen molar-refractivity contribution in [3.63, 3.8) is 0 Å². The predicted molar refractivity (Wildman–Crippen MR) is 115 cm³/mol. The number of aromatic nitrogens is 2. The van der Waals surface area contributed by atoms with Crippen molar-refractivity contribution in [2.75, 3.05) is 39.9 Å². The van der Waals surface area contributed by atoms with Gasteiger partial charge in [0.05, 0.1) is 23.9 Å². The van der Waals surface area contributed by atoms with Gasteiger partial charge in [0.1, 0.15) is 11.9 Å². The van der Waals surface area contributed by atoms with Crippen LogP contribution in [0.3, 0.4) is 0 Å². The number of imidazole rings is 1. The quantitative estimate of drug-likeness (QED) is 0.742. The van der Waals surface area contributed by atoms with Gasteiger partial charge in [0.2, 0.25) is 5.91 Å². The summed E-state index contributed by atoms with van der Waals surface area (Å²) in [6.45, 7) is 14.3. The third-order valence-corrected chi connectivity index (χ3v) is 5.60.